The van der Waals surface area contributed by atoms with Crippen molar-refractivity contribution in [1.82, 2.24) is 19.7 Å². The second-order valence-electron chi connectivity index (χ2n) is 4.09. The number of nitrogens with one attached hydrogen (secondary N) is 1. The average Bonchev–Trinajstić information content (AvgIpc) is 3.20. The lowest BCUT2D eigenvalue weighted by Gasteiger charge is -2.04. The quantitative estimate of drug-likeness (QED) is 0.569. The zero-order valence-electron chi connectivity index (χ0n) is 10.9. The number of anilines is 1. The van der Waals surface area contributed by atoms with E-state index < -0.39 is 16.7 Å². The van der Waals surface area contributed by atoms with Crippen LogP contribution in [0.2, 0.25) is 0 Å². The van der Waals surface area contributed by atoms with Gasteiger partial charge >= 0.3 is 5.88 Å². The van der Waals surface area contributed by atoms with Crippen LogP contribution < -0.4 is 5.32 Å². The maximum Gasteiger partial charge on any atom is 0.433 e. The maximum atomic E-state index is 11.9. The van der Waals surface area contributed by atoms with Crippen molar-refractivity contribution in [2.45, 2.75) is 0 Å². The molecule has 22 heavy (non-hydrogen) atoms. The van der Waals surface area contributed by atoms with Crippen LogP contribution >= 0.6 is 0 Å². The Bertz CT molecular complexity index is 809. The molecule has 0 bridgehead atoms. The smallest absolute Gasteiger partial charge is 0.395 e. The number of pyridine rings is 1. The van der Waals surface area contributed by atoms with Gasteiger partial charge in [-0.1, -0.05) is 0 Å². The molecule has 10 nitrogen and oxygen atoms in total. The van der Waals surface area contributed by atoms with E-state index in [9.17, 15) is 14.9 Å². The van der Waals surface area contributed by atoms with Crippen molar-refractivity contribution in [3.8, 4) is 5.82 Å². The van der Waals surface area contributed by atoms with Gasteiger partial charge in [-0.25, -0.2) is 14.6 Å². The van der Waals surface area contributed by atoms with Gasteiger partial charge in [0.05, 0.1) is 18.0 Å². The molecule has 110 valence electrons. The minimum absolute atomic E-state index is 0.160. The Labute approximate surface area is 122 Å². The molecule has 0 aromatic carbocycles. The van der Waals surface area contributed by atoms with Gasteiger partial charge in [-0.2, -0.15) is 5.10 Å². The zero-order valence-corrected chi connectivity index (χ0v) is 10.9. The van der Waals surface area contributed by atoms with E-state index in [0.29, 0.717) is 11.5 Å². The molecule has 0 radical (unpaired) electrons. The van der Waals surface area contributed by atoms with Gasteiger partial charge in [0, 0.05) is 0 Å². The molecule has 0 aliphatic heterocycles. The van der Waals surface area contributed by atoms with Crippen molar-refractivity contribution < 1.29 is 14.1 Å². The van der Waals surface area contributed by atoms with E-state index in [4.69, 9.17) is 4.42 Å². The highest BCUT2D eigenvalue weighted by Gasteiger charge is 2.17. The number of furan rings is 1. The number of amides is 1. The Morgan fingerprint density at radius 3 is 2.77 bits per heavy atom. The predicted octanol–water partition coefficient (Wildman–Crippen LogP) is 1.42. The van der Waals surface area contributed by atoms with E-state index >= 15 is 0 Å². The Balaban J connectivity index is 1.72. The fourth-order valence-electron chi connectivity index (χ4n) is 1.66. The number of carbonyl (C=O) groups is 1. The van der Waals surface area contributed by atoms with Crippen LogP contribution in [0.1, 0.15) is 10.6 Å². The molecule has 10 heteroatoms. The Hall–Kier alpha value is -3.56. The number of nitrogens with zero attached hydrogens (tertiary/aromatic N) is 5. The largest absolute Gasteiger partial charge is 0.433 e. The molecule has 0 aliphatic rings. The van der Waals surface area contributed by atoms with E-state index in [0.717, 1.165) is 6.07 Å². The van der Waals surface area contributed by atoms with Gasteiger partial charge < -0.3 is 9.73 Å². The molecule has 1 N–H and O–H groups in total. The highest BCUT2D eigenvalue weighted by Crippen LogP contribution is 2.17. The second kappa shape index (κ2) is 5.44. The van der Waals surface area contributed by atoms with Gasteiger partial charge in [0.2, 0.25) is 0 Å². The summed E-state index contributed by atoms with van der Waals surface area (Å²) in [6.45, 7) is 0. The van der Waals surface area contributed by atoms with Gasteiger partial charge in [-0.3, -0.25) is 14.9 Å². The minimum atomic E-state index is -0.717. The maximum absolute atomic E-state index is 11.9. The Kier molecular flexibility index (Phi) is 3.32. The molecular formula is C12H8N6O4. The minimum Gasteiger partial charge on any atom is -0.395 e. The molecule has 3 aromatic rings. The molecule has 3 rings (SSSR count). The van der Waals surface area contributed by atoms with Gasteiger partial charge in [0.1, 0.15) is 17.6 Å². The summed E-state index contributed by atoms with van der Waals surface area (Å²) < 4.78 is 6.27. The Morgan fingerprint density at radius 2 is 2.18 bits per heavy atom. The summed E-state index contributed by atoms with van der Waals surface area (Å²) in [6, 6.07) is 5.58. The van der Waals surface area contributed by atoms with E-state index in [-0.39, 0.29) is 5.76 Å². The van der Waals surface area contributed by atoms with E-state index in [1.54, 1.807) is 12.1 Å². The van der Waals surface area contributed by atoms with Crippen LogP contribution in [0.4, 0.5) is 11.6 Å². The molecule has 3 aromatic heterocycles. The summed E-state index contributed by atoms with van der Waals surface area (Å²) >= 11 is 0. The molecular weight excluding hydrogens is 292 g/mol. The normalized spacial score (nSPS) is 10.4. The highest BCUT2D eigenvalue weighted by molar-refractivity contribution is 6.02. The zero-order chi connectivity index (χ0) is 15.5. The third kappa shape index (κ3) is 2.65. The molecule has 0 fully saturated rings. The van der Waals surface area contributed by atoms with Gasteiger partial charge in [-0.15, -0.1) is 0 Å². The molecule has 0 unspecified atom stereocenters. The number of nitro groups is 1. The predicted molar refractivity (Wildman–Crippen MR) is 72.5 cm³/mol. The van der Waals surface area contributed by atoms with Crippen LogP contribution in [0.25, 0.3) is 5.82 Å². The molecule has 0 spiro atoms. The second-order valence-corrected chi connectivity index (χ2v) is 4.09. The summed E-state index contributed by atoms with van der Waals surface area (Å²) in [7, 11) is 0. The first-order valence-corrected chi connectivity index (χ1v) is 6.00. The van der Waals surface area contributed by atoms with Crippen LogP contribution in [-0.4, -0.2) is 30.6 Å². The van der Waals surface area contributed by atoms with Gasteiger partial charge in [0.25, 0.3) is 5.91 Å². The summed E-state index contributed by atoms with van der Waals surface area (Å²) in [6.07, 6.45) is 4.29. The van der Waals surface area contributed by atoms with Gasteiger partial charge in [0.15, 0.2) is 11.6 Å². The number of hydrogen-bond donors (Lipinski definition) is 1. The molecule has 0 atom stereocenters. The number of aromatic nitrogens is 4. The first kappa shape index (κ1) is 13.4. The van der Waals surface area contributed by atoms with Crippen molar-refractivity contribution >= 4 is 17.5 Å². The highest BCUT2D eigenvalue weighted by atomic mass is 16.6. The molecule has 0 aliphatic carbocycles. The van der Waals surface area contributed by atoms with Gasteiger partial charge in [-0.05, 0) is 18.2 Å². The first-order valence-electron chi connectivity index (χ1n) is 6.00. The summed E-state index contributed by atoms with van der Waals surface area (Å²) in [5.41, 5.74) is 0.410. The monoisotopic (exact) mass is 300 g/mol. The van der Waals surface area contributed by atoms with Crippen LogP contribution in [0.5, 0.6) is 0 Å². The van der Waals surface area contributed by atoms with E-state index in [1.165, 1.54) is 29.6 Å². The number of rotatable bonds is 4. The summed E-state index contributed by atoms with van der Waals surface area (Å²) in [5, 5.41) is 16.9. The molecule has 0 saturated heterocycles. The van der Waals surface area contributed by atoms with E-state index in [1.807, 2.05) is 0 Å². The lowest BCUT2D eigenvalue weighted by Crippen LogP contribution is -2.11. The lowest BCUT2D eigenvalue weighted by molar-refractivity contribution is -0.402. The van der Waals surface area contributed by atoms with Crippen molar-refractivity contribution in [2.24, 2.45) is 0 Å². The summed E-state index contributed by atoms with van der Waals surface area (Å²) in [4.78, 5) is 29.6. The fourth-order valence-corrected chi connectivity index (χ4v) is 1.66. The topological polar surface area (TPSA) is 129 Å². The fraction of sp³-hybridized carbons (Fsp3) is 0. The third-order valence-electron chi connectivity index (χ3n) is 2.65. The van der Waals surface area contributed by atoms with Crippen molar-refractivity contribution in [3.63, 3.8) is 0 Å². The van der Waals surface area contributed by atoms with E-state index in [2.05, 4.69) is 20.4 Å². The molecule has 3 heterocycles. The van der Waals surface area contributed by atoms with Crippen molar-refractivity contribution in [1.29, 1.82) is 0 Å². The number of hydrogen-bond acceptors (Lipinski definition) is 7. The Morgan fingerprint density at radius 1 is 1.32 bits per heavy atom. The van der Waals surface area contributed by atoms with Crippen LogP contribution in [-0.2, 0) is 0 Å². The SMILES string of the molecule is O=C(Nc1ccc(-n2cncn2)nc1)c1ccc([N+](=O)[O-])o1. The average molecular weight is 300 g/mol. The lowest BCUT2D eigenvalue weighted by atomic mass is 10.3. The van der Waals surface area contributed by atoms with Crippen molar-refractivity contribution in [2.75, 3.05) is 5.32 Å². The number of carbonyl (C=O) groups excluding carboxylic acids is 1. The first-order chi connectivity index (χ1) is 10.6. The summed E-state index contributed by atoms with van der Waals surface area (Å²) in [5.74, 6) is -0.732. The van der Waals surface area contributed by atoms with Crippen LogP contribution in [0.15, 0.2) is 47.5 Å². The van der Waals surface area contributed by atoms with Crippen molar-refractivity contribution in [3.05, 3.63) is 59.0 Å². The third-order valence-corrected chi connectivity index (χ3v) is 2.65. The van der Waals surface area contributed by atoms with Crippen LogP contribution in [0, 0.1) is 10.1 Å². The molecule has 0 saturated carbocycles. The molecule has 1 amide bonds. The van der Waals surface area contributed by atoms with Crippen LogP contribution in [0.3, 0.4) is 0 Å². The standard InChI is InChI=1S/C12H8N6O4/c19-12(9-2-4-11(22-9)18(20)21)16-8-1-3-10(14-5-8)17-7-13-6-15-17/h1-7H,(H,16,19).